The van der Waals surface area contributed by atoms with Crippen LogP contribution in [0, 0.1) is 11.7 Å². The van der Waals surface area contributed by atoms with Crippen LogP contribution >= 0.6 is 0 Å². The highest BCUT2D eigenvalue weighted by Crippen LogP contribution is 2.32. The molecule has 0 saturated carbocycles. The minimum Gasteiger partial charge on any atom is -0.375 e. The van der Waals surface area contributed by atoms with Gasteiger partial charge in [-0.15, -0.1) is 0 Å². The number of nitrogens with one attached hydrogen (secondary N) is 1. The summed E-state index contributed by atoms with van der Waals surface area (Å²) in [7, 11) is 2.10. The lowest BCUT2D eigenvalue weighted by molar-refractivity contribution is 0.288. The SMILES string of the molecule is CN(CCC1CC2CCC(C1)N2)c1ccc(F)cc1. The van der Waals surface area contributed by atoms with Gasteiger partial charge in [-0.1, -0.05) is 0 Å². The molecule has 3 heteroatoms. The van der Waals surface area contributed by atoms with Gasteiger partial charge in [0.1, 0.15) is 5.82 Å². The number of hydrogen-bond donors (Lipinski definition) is 1. The van der Waals surface area contributed by atoms with Crippen molar-refractivity contribution in [1.82, 2.24) is 5.32 Å². The lowest BCUT2D eigenvalue weighted by Gasteiger charge is -2.30. The fourth-order valence-electron chi connectivity index (χ4n) is 3.61. The molecule has 2 bridgehead atoms. The van der Waals surface area contributed by atoms with Crippen LogP contribution in [0.3, 0.4) is 0 Å². The van der Waals surface area contributed by atoms with Crippen molar-refractivity contribution in [3.8, 4) is 0 Å². The lowest BCUT2D eigenvalue weighted by Crippen LogP contribution is -2.38. The van der Waals surface area contributed by atoms with Crippen molar-refractivity contribution in [3.63, 3.8) is 0 Å². The molecule has 0 spiro atoms. The Balaban J connectivity index is 1.50. The van der Waals surface area contributed by atoms with Crippen molar-refractivity contribution in [2.75, 3.05) is 18.5 Å². The van der Waals surface area contributed by atoms with E-state index in [1.54, 1.807) is 0 Å². The molecule has 2 fully saturated rings. The molecule has 2 unspecified atom stereocenters. The number of piperidine rings is 1. The highest BCUT2D eigenvalue weighted by molar-refractivity contribution is 5.45. The van der Waals surface area contributed by atoms with E-state index in [9.17, 15) is 4.39 Å². The van der Waals surface area contributed by atoms with E-state index >= 15 is 0 Å². The van der Waals surface area contributed by atoms with Crippen LogP contribution in [-0.2, 0) is 0 Å². The topological polar surface area (TPSA) is 15.3 Å². The Labute approximate surface area is 115 Å². The van der Waals surface area contributed by atoms with E-state index in [1.807, 2.05) is 12.1 Å². The van der Waals surface area contributed by atoms with Crippen LogP contribution in [-0.4, -0.2) is 25.7 Å². The molecule has 2 saturated heterocycles. The Morgan fingerprint density at radius 3 is 2.42 bits per heavy atom. The van der Waals surface area contributed by atoms with Crippen LogP contribution in [0.15, 0.2) is 24.3 Å². The molecule has 2 aliphatic heterocycles. The molecule has 0 radical (unpaired) electrons. The van der Waals surface area contributed by atoms with Gasteiger partial charge in [0, 0.05) is 31.4 Å². The van der Waals surface area contributed by atoms with Gasteiger partial charge < -0.3 is 10.2 Å². The van der Waals surface area contributed by atoms with Crippen molar-refractivity contribution >= 4 is 5.69 Å². The van der Waals surface area contributed by atoms with Gasteiger partial charge in [-0.2, -0.15) is 0 Å². The van der Waals surface area contributed by atoms with E-state index in [-0.39, 0.29) is 5.82 Å². The molecule has 2 aliphatic rings. The first-order chi connectivity index (χ1) is 9.20. The van der Waals surface area contributed by atoms with Crippen LogP contribution in [0.2, 0.25) is 0 Å². The number of anilines is 1. The third kappa shape index (κ3) is 3.08. The maximum Gasteiger partial charge on any atom is 0.123 e. The van der Waals surface area contributed by atoms with Crippen LogP contribution in [0.1, 0.15) is 32.1 Å². The molecule has 3 rings (SSSR count). The zero-order valence-electron chi connectivity index (χ0n) is 11.6. The first kappa shape index (κ1) is 12.9. The molecule has 2 nitrogen and oxygen atoms in total. The molecule has 0 aromatic heterocycles. The Hall–Kier alpha value is -1.09. The standard InChI is InChI=1S/C16H23FN2/c1-19(16-6-2-13(17)3-7-16)9-8-12-10-14-4-5-15(11-12)18-14/h2-3,6-7,12,14-15,18H,4-5,8-11H2,1H3. The molecule has 2 heterocycles. The van der Waals surface area contributed by atoms with Crippen LogP contribution in [0.5, 0.6) is 0 Å². The Kier molecular flexibility index (Phi) is 3.74. The first-order valence-corrected chi connectivity index (χ1v) is 7.43. The predicted molar refractivity (Wildman–Crippen MR) is 77.0 cm³/mol. The largest absolute Gasteiger partial charge is 0.375 e. The molecule has 2 atom stereocenters. The summed E-state index contributed by atoms with van der Waals surface area (Å²) >= 11 is 0. The number of hydrogen-bond acceptors (Lipinski definition) is 2. The van der Waals surface area contributed by atoms with Crippen LogP contribution in [0.4, 0.5) is 10.1 Å². The van der Waals surface area contributed by atoms with Gasteiger partial charge in [-0.05, 0) is 62.3 Å². The Morgan fingerprint density at radius 1 is 1.16 bits per heavy atom. The van der Waals surface area contributed by atoms with Gasteiger partial charge in [0.25, 0.3) is 0 Å². The minimum atomic E-state index is -0.160. The number of halogens is 1. The molecule has 1 N–H and O–H groups in total. The monoisotopic (exact) mass is 262 g/mol. The second kappa shape index (κ2) is 5.49. The molecular formula is C16H23FN2. The third-order valence-electron chi connectivity index (χ3n) is 4.71. The van der Waals surface area contributed by atoms with Crippen molar-refractivity contribution in [2.24, 2.45) is 5.92 Å². The Bertz CT molecular complexity index is 405. The number of nitrogens with zero attached hydrogens (tertiary/aromatic N) is 1. The Morgan fingerprint density at radius 2 is 1.79 bits per heavy atom. The molecule has 0 amide bonds. The first-order valence-electron chi connectivity index (χ1n) is 7.43. The summed E-state index contributed by atoms with van der Waals surface area (Å²) in [5.74, 6) is 0.703. The molecule has 104 valence electrons. The summed E-state index contributed by atoms with van der Waals surface area (Å²) in [5, 5.41) is 3.69. The molecular weight excluding hydrogens is 239 g/mol. The summed E-state index contributed by atoms with van der Waals surface area (Å²) in [6.07, 6.45) is 6.67. The van der Waals surface area contributed by atoms with E-state index in [2.05, 4.69) is 17.3 Å². The van der Waals surface area contributed by atoms with Crippen LogP contribution in [0.25, 0.3) is 0 Å². The summed E-state index contributed by atoms with van der Waals surface area (Å²) < 4.78 is 12.9. The van der Waals surface area contributed by atoms with Crippen molar-refractivity contribution in [1.29, 1.82) is 0 Å². The van der Waals surface area contributed by atoms with Gasteiger partial charge in [0.2, 0.25) is 0 Å². The second-order valence-corrected chi connectivity index (χ2v) is 6.16. The third-order valence-corrected chi connectivity index (χ3v) is 4.71. The van der Waals surface area contributed by atoms with E-state index < -0.39 is 0 Å². The summed E-state index contributed by atoms with van der Waals surface area (Å²) in [5.41, 5.74) is 1.11. The molecule has 19 heavy (non-hydrogen) atoms. The molecule has 1 aromatic carbocycles. The van der Waals surface area contributed by atoms with Gasteiger partial charge in [0.05, 0.1) is 0 Å². The van der Waals surface area contributed by atoms with E-state index in [4.69, 9.17) is 0 Å². The minimum absolute atomic E-state index is 0.160. The molecule has 1 aromatic rings. The van der Waals surface area contributed by atoms with Gasteiger partial charge in [-0.3, -0.25) is 0 Å². The predicted octanol–water partition coefficient (Wildman–Crippen LogP) is 3.18. The summed E-state index contributed by atoms with van der Waals surface area (Å²) in [6.45, 7) is 1.07. The second-order valence-electron chi connectivity index (χ2n) is 6.16. The smallest absolute Gasteiger partial charge is 0.123 e. The van der Waals surface area contributed by atoms with E-state index in [0.29, 0.717) is 0 Å². The molecule has 0 aliphatic carbocycles. The summed E-state index contributed by atoms with van der Waals surface area (Å²) in [4.78, 5) is 2.24. The number of benzene rings is 1. The fraction of sp³-hybridized carbons (Fsp3) is 0.625. The van der Waals surface area contributed by atoms with Gasteiger partial charge in [-0.25, -0.2) is 4.39 Å². The maximum atomic E-state index is 12.9. The van der Waals surface area contributed by atoms with E-state index in [0.717, 1.165) is 30.2 Å². The van der Waals surface area contributed by atoms with Crippen molar-refractivity contribution < 1.29 is 4.39 Å². The normalized spacial score (nSPS) is 29.5. The maximum absolute atomic E-state index is 12.9. The number of fused-ring (bicyclic) bond motifs is 2. The van der Waals surface area contributed by atoms with Gasteiger partial charge in [0.15, 0.2) is 0 Å². The van der Waals surface area contributed by atoms with Crippen molar-refractivity contribution in [2.45, 2.75) is 44.2 Å². The van der Waals surface area contributed by atoms with Crippen LogP contribution < -0.4 is 10.2 Å². The van der Waals surface area contributed by atoms with Gasteiger partial charge >= 0.3 is 0 Å². The average molecular weight is 262 g/mol. The lowest BCUT2D eigenvalue weighted by atomic mass is 9.89. The summed E-state index contributed by atoms with van der Waals surface area (Å²) in [6, 6.07) is 8.36. The fourth-order valence-corrected chi connectivity index (χ4v) is 3.61. The van der Waals surface area contributed by atoms with E-state index in [1.165, 1.54) is 44.2 Å². The highest BCUT2D eigenvalue weighted by Gasteiger charge is 2.33. The number of rotatable bonds is 4. The average Bonchev–Trinajstić information content (AvgIpc) is 2.76. The highest BCUT2D eigenvalue weighted by atomic mass is 19.1. The quantitative estimate of drug-likeness (QED) is 0.896. The zero-order valence-corrected chi connectivity index (χ0v) is 11.6. The van der Waals surface area contributed by atoms with Crippen molar-refractivity contribution in [3.05, 3.63) is 30.1 Å². The zero-order chi connectivity index (χ0) is 13.2.